The Bertz CT molecular complexity index is 899. The lowest BCUT2D eigenvalue weighted by Crippen LogP contribution is -2.39. The highest BCUT2D eigenvalue weighted by Crippen LogP contribution is 2.38. The van der Waals surface area contributed by atoms with E-state index in [1.165, 1.54) is 22.9 Å². The maximum atomic E-state index is 13.7. The van der Waals surface area contributed by atoms with Gasteiger partial charge in [-0.05, 0) is 40.7 Å². The average Bonchev–Trinajstić information content (AvgIpc) is 3.17. The van der Waals surface area contributed by atoms with Crippen LogP contribution < -0.4 is 9.64 Å². The Morgan fingerprint density at radius 2 is 1.73 bits per heavy atom. The highest BCUT2D eigenvalue weighted by molar-refractivity contribution is 8.18. The Kier molecular flexibility index (Phi) is 7.48. The molecule has 1 atom stereocenters. The molecule has 0 saturated carbocycles. The second-order valence-corrected chi connectivity index (χ2v) is 9.84. The van der Waals surface area contributed by atoms with E-state index >= 15 is 0 Å². The number of anilines is 1. The van der Waals surface area contributed by atoms with Crippen LogP contribution in [0.2, 0.25) is 0 Å². The first-order valence-corrected chi connectivity index (χ1v) is 11.5. The minimum absolute atomic E-state index is 0.0465. The molecule has 1 unspecified atom stereocenters. The molecule has 0 aliphatic carbocycles. The number of carbonyl (C=O) groups is 1. The summed E-state index contributed by atoms with van der Waals surface area (Å²) in [4.78, 5) is 19.9. The number of aliphatic imine (C=N–C) groups is 1. The van der Waals surface area contributed by atoms with E-state index in [4.69, 9.17) is 16.3 Å². The summed E-state index contributed by atoms with van der Waals surface area (Å²) < 4.78 is 5.74. The zero-order chi connectivity index (χ0) is 21.8. The quantitative estimate of drug-likeness (QED) is 0.511. The molecule has 0 spiro atoms. The van der Waals surface area contributed by atoms with Crippen molar-refractivity contribution in [1.29, 1.82) is 0 Å². The minimum atomic E-state index is -0.295. The van der Waals surface area contributed by atoms with Gasteiger partial charge in [-0.15, -0.1) is 0 Å². The van der Waals surface area contributed by atoms with Crippen LogP contribution in [0.15, 0.2) is 47.5 Å². The van der Waals surface area contributed by atoms with E-state index in [1.54, 1.807) is 7.11 Å². The number of halogens is 1. The van der Waals surface area contributed by atoms with Crippen LogP contribution in [0.5, 0.6) is 5.75 Å². The van der Waals surface area contributed by atoms with Crippen molar-refractivity contribution in [3.8, 4) is 5.75 Å². The first kappa shape index (κ1) is 22.7. The molecule has 1 heterocycles. The summed E-state index contributed by atoms with van der Waals surface area (Å²) in [6, 6.07) is 14.2. The Morgan fingerprint density at radius 3 is 2.20 bits per heavy atom. The van der Waals surface area contributed by atoms with E-state index < -0.39 is 0 Å². The van der Waals surface area contributed by atoms with Crippen molar-refractivity contribution in [3.05, 3.63) is 59.2 Å². The molecule has 6 heteroatoms. The van der Waals surface area contributed by atoms with Crippen molar-refractivity contribution in [2.24, 2.45) is 4.99 Å². The fourth-order valence-corrected chi connectivity index (χ4v) is 4.81. The largest absolute Gasteiger partial charge is 0.497 e. The number of thioether (sulfide) groups is 1. The second kappa shape index (κ2) is 9.88. The fraction of sp³-hybridized carbons (Fsp3) is 0.417. The van der Waals surface area contributed by atoms with Crippen LogP contribution in [0.4, 0.5) is 5.69 Å². The maximum Gasteiger partial charge on any atom is 0.242 e. The molecule has 0 radical (unpaired) electrons. The molecule has 3 rings (SSSR count). The minimum Gasteiger partial charge on any atom is -0.497 e. The lowest BCUT2D eigenvalue weighted by Gasteiger charge is -2.31. The van der Waals surface area contributed by atoms with Crippen molar-refractivity contribution in [1.82, 2.24) is 0 Å². The van der Waals surface area contributed by atoms with E-state index in [2.05, 4.69) is 50.9 Å². The van der Waals surface area contributed by atoms with Gasteiger partial charge in [0.1, 0.15) is 11.0 Å². The molecule has 1 aliphatic heterocycles. The van der Waals surface area contributed by atoms with Gasteiger partial charge in [-0.3, -0.25) is 9.79 Å². The Morgan fingerprint density at radius 1 is 1.13 bits per heavy atom. The first-order valence-electron chi connectivity index (χ1n) is 10.3. The summed E-state index contributed by atoms with van der Waals surface area (Å²) in [5.74, 6) is 1.43. The molecule has 1 aliphatic rings. The van der Waals surface area contributed by atoms with Gasteiger partial charge in [0, 0.05) is 0 Å². The summed E-state index contributed by atoms with van der Waals surface area (Å²) >= 11 is 7.43. The van der Waals surface area contributed by atoms with E-state index in [9.17, 15) is 4.79 Å². The predicted molar refractivity (Wildman–Crippen MR) is 128 cm³/mol. The molecule has 0 saturated heterocycles. The number of rotatable bonds is 7. The highest BCUT2D eigenvalue weighted by Gasteiger charge is 2.33. The molecule has 160 valence electrons. The van der Waals surface area contributed by atoms with Crippen LogP contribution in [0, 0.1) is 0 Å². The summed E-state index contributed by atoms with van der Waals surface area (Å²) in [5.41, 5.74) is 4.43. The number of carbonyl (C=O) groups excluding carboxylic acids is 1. The van der Waals surface area contributed by atoms with Gasteiger partial charge in [0.2, 0.25) is 5.91 Å². The summed E-state index contributed by atoms with van der Waals surface area (Å²) in [6.07, 6.45) is 0. The maximum absolute atomic E-state index is 13.7. The monoisotopic (exact) mass is 444 g/mol. The predicted octanol–water partition coefficient (Wildman–Crippen LogP) is 6.19. The molecule has 0 bridgehead atoms. The molecule has 30 heavy (non-hydrogen) atoms. The highest BCUT2D eigenvalue weighted by atomic mass is 35.5. The van der Waals surface area contributed by atoms with Crippen LogP contribution >= 0.6 is 23.4 Å². The molecular weight excluding hydrogens is 416 g/mol. The van der Waals surface area contributed by atoms with Gasteiger partial charge in [-0.1, -0.05) is 81.4 Å². The average molecular weight is 445 g/mol. The molecular formula is C24H29ClN2O2S. The molecule has 4 nitrogen and oxygen atoms in total. The number of para-hydroxylation sites is 1. The van der Waals surface area contributed by atoms with Gasteiger partial charge in [0.05, 0.1) is 25.9 Å². The van der Waals surface area contributed by atoms with Crippen LogP contribution in [0.25, 0.3) is 0 Å². The molecule has 0 aromatic heterocycles. The zero-order valence-corrected chi connectivity index (χ0v) is 19.8. The third-order valence-corrected chi connectivity index (χ3v) is 6.62. The normalized spacial score (nSPS) is 16.1. The van der Waals surface area contributed by atoms with E-state index in [1.807, 2.05) is 29.2 Å². The van der Waals surface area contributed by atoms with E-state index in [0.717, 1.165) is 17.0 Å². The Labute approximate surface area is 188 Å². The van der Waals surface area contributed by atoms with Crippen molar-refractivity contribution in [2.75, 3.05) is 18.6 Å². The van der Waals surface area contributed by atoms with Gasteiger partial charge >= 0.3 is 0 Å². The van der Waals surface area contributed by atoms with Crippen molar-refractivity contribution in [2.45, 2.75) is 51.3 Å². The Balaban J connectivity index is 2.08. The number of ether oxygens (including phenoxy) is 1. The smallest absolute Gasteiger partial charge is 0.242 e. The van der Waals surface area contributed by atoms with Crippen LogP contribution in [-0.2, 0) is 11.3 Å². The fourth-order valence-electron chi connectivity index (χ4n) is 3.65. The van der Waals surface area contributed by atoms with Gasteiger partial charge in [0.25, 0.3) is 0 Å². The van der Waals surface area contributed by atoms with Gasteiger partial charge in [0.15, 0.2) is 4.50 Å². The summed E-state index contributed by atoms with van der Waals surface area (Å²) in [6.45, 7) is 9.59. The number of benzene rings is 2. The lowest BCUT2D eigenvalue weighted by atomic mass is 9.91. The molecule has 2 aromatic rings. The lowest BCUT2D eigenvalue weighted by molar-refractivity contribution is -0.118. The zero-order valence-electron chi connectivity index (χ0n) is 18.2. The third kappa shape index (κ3) is 5.01. The van der Waals surface area contributed by atoms with E-state index in [0.29, 0.717) is 29.4 Å². The molecule has 1 amide bonds. The number of nitrogens with zero attached hydrogens (tertiary/aromatic N) is 2. The number of hydrogen-bond acceptors (Lipinski definition) is 4. The Hall–Kier alpha value is -1.98. The van der Waals surface area contributed by atoms with Crippen molar-refractivity contribution in [3.63, 3.8) is 0 Å². The first-order chi connectivity index (χ1) is 14.3. The topological polar surface area (TPSA) is 41.9 Å². The number of hydrogen-bond donors (Lipinski definition) is 0. The molecule has 0 N–H and O–H groups in total. The number of amides is 1. The molecule has 2 aromatic carbocycles. The molecule has 0 fully saturated rings. The van der Waals surface area contributed by atoms with E-state index in [-0.39, 0.29) is 11.2 Å². The van der Waals surface area contributed by atoms with Crippen molar-refractivity contribution >= 4 is 39.5 Å². The third-order valence-electron chi connectivity index (χ3n) is 5.27. The van der Waals surface area contributed by atoms with Gasteiger partial charge < -0.3 is 9.64 Å². The van der Waals surface area contributed by atoms with Gasteiger partial charge in [-0.2, -0.15) is 0 Å². The number of methoxy groups -OCH3 is 1. The van der Waals surface area contributed by atoms with Crippen molar-refractivity contribution < 1.29 is 9.53 Å². The SMILES string of the molecule is COc1ccc(CN(C(=O)C2CN=C(Cl)S2)c2c(C(C)C)cccc2C(C)C)cc1. The standard InChI is InChI=1S/C24H29ClN2O2S/c1-15(2)19-7-6-8-20(16(3)4)22(19)27(23(28)21-13-26-24(25)30-21)14-17-9-11-18(29-5)12-10-17/h6-12,15-16,21H,13-14H2,1-5H3. The van der Waals surface area contributed by atoms with Gasteiger partial charge in [-0.25, -0.2) is 0 Å². The van der Waals surface area contributed by atoms with Crippen LogP contribution in [0.1, 0.15) is 56.2 Å². The van der Waals surface area contributed by atoms with Crippen LogP contribution in [-0.4, -0.2) is 29.3 Å². The summed E-state index contributed by atoms with van der Waals surface area (Å²) in [7, 11) is 1.65. The summed E-state index contributed by atoms with van der Waals surface area (Å²) in [5, 5.41) is -0.295. The second-order valence-electron chi connectivity index (χ2n) is 8.07. The van der Waals surface area contributed by atoms with Crippen LogP contribution in [0.3, 0.4) is 0 Å².